The number of pyridine rings is 1. The molecule has 4 rings (SSSR count). The van der Waals surface area contributed by atoms with Crippen LogP contribution in [0.5, 0.6) is 0 Å². The zero-order valence-electron chi connectivity index (χ0n) is 13.9. The third kappa shape index (κ3) is 3.25. The number of hydrogen-bond donors (Lipinski definition) is 0. The lowest BCUT2D eigenvalue weighted by molar-refractivity contribution is 0.644. The molecule has 0 saturated heterocycles. The highest BCUT2D eigenvalue weighted by molar-refractivity contribution is 5.65. The van der Waals surface area contributed by atoms with E-state index in [1.807, 2.05) is 42.5 Å². The molecule has 3 aromatic heterocycles. The predicted molar refractivity (Wildman–Crippen MR) is 98.3 cm³/mol. The number of aromatic nitrogens is 5. The molecule has 4 aromatic rings. The molecule has 0 aliphatic rings. The molecule has 1 aromatic carbocycles. The molecular weight excluding hydrogens is 326 g/mol. The molecule has 0 atom stereocenters. The molecule has 0 aliphatic heterocycles. The minimum absolute atomic E-state index is 0.224. The summed E-state index contributed by atoms with van der Waals surface area (Å²) in [5, 5.41) is 4.54. The molecule has 6 heteroatoms. The van der Waals surface area contributed by atoms with Crippen molar-refractivity contribution >= 4 is 0 Å². The summed E-state index contributed by atoms with van der Waals surface area (Å²) < 4.78 is 1.46. The van der Waals surface area contributed by atoms with E-state index in [1.165, 1.54) is 4.68 Å². The molecule has 0 N–H and O–H groups in total. The Morgan fingerprint density at radius 3 is 2.31 bits per heavy atom. The van der Waals surface area contributed by atoms with Crippen molar-refractivity contribution in [2.45, 2.75) is 6.54 Å². The van der Waals surface area contributed by atoms with Gasteiger partial charge >= 0.3 is 0 Å². The van der Waals surface area contributed by atoms with Crippen LogP contribution in [0.2, 0.25) is 0 Å². The Balaban J connectivity index is 1.89. The minimum atomic E-state index is -0.224. The van der Waals surface area contributed by atoms with Gasteiger partial charge in [-0.2, -0.15) is 5.10 Å². The molecule has 0 amide bonds. The van der Waals surface area contributed by atoms with Gasteiger partial charge in [0, 0.05) is 30.4 Å². The Kier molecular flexibility index (Phi) is 4.30. The van der Waals surface area contributed by atoms with E-state index in [9.17, 15) is 4.79 Å². The van der Waals surface area contributed by atoms with Gasteiger partial charge in [-0.25, -0.2) is 14.6 Å². The van der Waals surface area contributed by atoms with Crippen LogP contribution in [0.15, 0.2) is 84.2 Å². The molecule has 6 nitrogen and oxygen atoms in total. The summed E-state index contributed by atoms with van der Waals surface area (Å²) in [4.78, 5) is 25.5. The maximum atomic E-state index is 13.0. The second-order valence-corrected chi connectivity index (χ2v) is 5.70. The first-order chi connectivity index (χ1) is 12.8. The first kappa shape index (κ1) is 15.8. The Bertz CT molecular complexity index is 1060. The third-order valence-corrected chi connectivity index (χ3v) is 3.93. The zero-order valence-corrected chi connectivity index (χ0v) is 13.9. The molecule has 126 valence electrons. The normalized spacial score (nSPS) is 10.6. The number of benzene rings is 1. The van der Waals surface area contributed by atoms with Crippen LogP contribution in [0, 0.1) is 0 Å². The quantitative estimate of drug-likeness (QED) is 0.571. The summed E-state index contributed by atoms with van der Waals surface area (Å²) in [5.74, 6) is 0.386. The maximum Gasteiger partial charge on any atom is 0.278 e. The summed E-state index contributed by atoms with van der Waals surface area (Å²) in [6.45, 7) is 0.373. The lowest BCUT2D eigenvalue weighted by atomic mass is 10.1. The Hall–Kier alpha value is -3.67. The summed E-state index contributed by atoms with van der Waals surface area (Å²) >= 11 is 0. The highest BCUT2D eigenvalue weighted by atomic mass is 16.1. The van der Waals surface area contributed by atoms with Crippen molar-refractivity contribution in [3.8, 4) is 22.6 Å². The first-order valence-electron chi connectivity index (χ1n) is 8.15. The van der Waals surface area contributed by atoms with Crippen LogP contribution in [0.1, 0.15) is 5.56 Å². The number of rotatable bonds is 4. The molecule has 0 unspecified atom stereocenters. The largest absolute Gasteiger partial charge is 0.278 e. The van der Waals surface area contributed by atoms with Gasteiger partial charge in [-0.15, -0.1) is 0 Å². The van der Waals surface area contributed by atoms with Crippen molar-refractivity contribution in [2.24, 2.45) is 0 Å². The molecule has 0 fully saturated rings. The van der Waals surface area contributed by atoms with E-state index in [1.54, 1.807) is 36.9 Å². The molecular formula is C20H15N5O. The number of hydrogen-bond acceptors (Lipinski definition) is 5. The fraction of sp³-hybridized carbons (Fsp3) is 0.0500. The average molecular weight is 341 g/mol. The van der Waals surface area contributed by atoms with Gasteiger partial charge in [0.05, 0.1) is 17.8 Å². The van der Waals surface area contributed by atoms with Crippen molar-refractivity contribution in [3.05, 3.63) is 95.3 Å². The summed E-state index contributed by atoms with van der Waals surface area (Å²) in [7, 11) is 0. The maximum absolute atomic E-state index is 13.0. The summed E-state index contributed by atoms with van der Waals surface area (Å²) in [5.41, 5.74) is 2.74. The second-order valence-electron chi connectivity index (χ2n) is 5.70. The van der Waals surface area contributed by atoms with Crippen molar-refractivity contribution < 1.29 is 0 Å². The molecule has 0 aliphatic carbocycles. The Labute approximate surface area is 149 Å². The van der Waals surface area contributed by atoms with Gasteiger partial charge in [0.25, 0.3) is 5.56 Å². The lowest BCUT2D eigenvalue weighted by Crippen LogP contribution is -2.26. The van der Waals surface area contributed by atoms with Crippen LogP contribution in [-0.2, 0) is 6.54 Å². The smallest absolute Gasteiger partial charge is 0.267 e. The van der Waals surface area contributed by atoms with Crippen molar-refractivity contribution in [1.29, 1.82) is 0 Å². The van der Waals surface area contributed by atoms with Crippen molar-refractivity contribution in [1.82, 2.24) is 24.7 Å². The Morgan fingerprint density at radius 1 is 0.846 bits per heavy atom. The van der Waals surface area contributed by atoms with Crippen LogP contribution in [0.4, 0.5) is 0 Å². The highest BCUT2D eigenvalue weighted by Crippen LogP contribution is 2.19. The molecule has 26 heavy (non-hydrogen) atoms. The van der Waals surface area contributed by atoms with E-state index < -0.39 is 0 Å². The Morgan fingerprint density at radius 2 is 1.58 bits per heavy atom. The van der Waals surface area contributed by atoms with Crippen LogP contribution in [-0.4, -0.2) is 24.7 Å². The van der Waals surface area contributed by atoms with E-state index in [-0.39, 0.29) is 5.56 Å². The fourth-order valence-electron chi connectivity index (χ4n) is 2.67. The molecule has 0 spiro atoms. The van der Waals surface area contributed by atoms with Crippen LogP contribution < -0.4 is 5.56 Å². The monoisotopic (exact) mass is 341 g/mol. The van der Waals surface area contributed by atoms with Gasteiger partial charge in [0.1, 0.15) is 0 Å². The van der Waals surface area contributed by atoms with E-state index in [0.717, 1.165) is 11.1 Å². The topological polar surface area (TPSA) is 73.6 Å². The minimum Gasteiger partial charge on any atom is -0.267 e. The van der Waals surface area contributed by atoms with Gasteiger partial charge < -0.3 is 0 Å². The zero-order chi connectivity index (χ0) is 17.8. The third-order valence-electron chi connectivity index (χ3n) is 3.93. The first-order valence-corrected chi connectivity index (χ1v) is 8.15. The van der Waals surface area contributed by atoms with Gasteiger partial charge in [0.2, 0.25) is 0 Å². The van der Waals surface area contributed by atoms with E-state index >= 15 is 0 Å². The highest BCUT2D eigenvalue weighted by Gasteiger charge is 2.14. The lowest BCUT2D eigenvalue weighted by Gasteiger charge is -2.10. The second kappa shape index (κ2) is 7.06. The van der Waals surface area contributed by atoms with E-state index in [0.29, 0.717) is 23.6 Å². The van der Waals surface area contributed by atoms with Gasteiger partial charge in [0.15, 0.2) is 5.82 Å². The van der Waals surface area contributed by atoms with Gasteiger partial charge in [-0.05, 0) is 29.8 Å². The summed E-state index contributed by atoms with van der Waals surface area (Å²) in [6, 6.07) is 16.9. The standard InChI is InChI=1S/C20H15N5O/c26-20-17(19-22-9-4-10-23-19)13-18(16-7-11-21-12-8-16)24-25(20)14-15-5-2-1-3-6-15/h1-13H,14H2. The van der Waals surface area contributed by atoms with Crippen LogP contribution in [0.25, 0.3) is 22.6 Å². The SMILES string of the molecule is O=c1c(-c2ncccn2)cc(-c2ccncc2)nn1Cc1ccccc1. The van der Waals surface area contributed by atoms with E-state index in [2.05, 4.69) is 20.1 Å². The van der Waals surface area contributed by atoms with Crippen LogP contribution >= 0.6 is 0 Å². The predicted octanol–water partition coefficient (Wildman–Crippen LogP) is 2.81. The van der Waals surface area contributed by atoms with Gasteiger partial charge in [-0.1, -0.05) is 30.3 Å². The number of nitrogens with zero attached hydrogens (tertiary/aromatic N) is 5. The fourth-order valence-corrected chi connectivity index (χ4v) is 2.67. The molecule has 0 radical (unpaired) electrons. The van der Waals surface area contributed by atoms with Crippen molar-refractivity contribution in [2.75, 3.05) is 0 Å². The van der Waals surface area contributed by atoms with Gasteiger partial charge in [-0.3, -0.25) is 9.78 Å². The van der Waals surface area contributed by atoms with Crippen LogP contribution in [0.3, 0.4) is 0 Å². The average Bonchev–Trinajstić information content (AvgIpc) is 2.71. The van der Waals surface area contributed by atoms with E-state index in [4.69, 9.17) is 0 Å². The molecule has 0 saturated carbocycles. The summed E-state index contributed by atoms with van der Waals surface area (Å²) in [6.07, 6.45) is 6.64. The van der Waals surface area contributed by atoms with Crippen molar-refractivity contribution in [3.63, 3.8) is 0 Å². The molecule has 3 heterocycles. The molecule has 0 bridgehead atoms.